The topological polar surface area (TPSA) is 25.2 Å². The molecular formula is C14H23NOS. The molecule has 1 aromatic rings. The van der Waals surface area contributed by atoms with Crippen LogP contribution in [0.5, 0.6) is 0 Å². The van der Waals surface area contributed by atoms with E-state index >= 15 is 0 Å². The van der Waals surface area contributed by atoms with Gasteiger partial charge in [0.15, 0.2) is 0 Å². The maximum Gasteiger partial charge on any atom is 0.114 e. The van der Waals surface area contributed by atoms with E-state index in [1.807, 2.05) is 18.7 Å². The average molecular weight is 253 g/mol. The first-order valence-corrected chi connectivity index (χ1v) is 7.64. The Kier molecular flexibility index (Phi) is 4.99. The van der Waals surface area contributed by atoms with Gasteiger partial charge >= 0.3 is 0 Å². The molecule has 1 N–H and O–H groups in total. The van der Waals surface area contributed by atoms with Crippen LogP contribution in [0.4, 0.5) is 0 Å². The molecule has 0 saturated heterocycles. The normalized spacial score (nSPS) is 19.4. The molecule has 1 aromatic heterocycles. The van der Waals surface area contributed by atoms with Crippen molar-refractivity contribution in [1.29, 1.82) is 0 Å². The Balaban J connectivity index is 1.84. The van der Waals surface area contributed by atoms with Gasteiger partial charge in [-0.3, -0.25) is 0 Å². The van der Waals surface area contributed by atoms with Crippen molar-refractivity contribution in [2.75, 3.05) is 12.8 Å². The highest BCUT2D eigenvalue weighted by molar-refractivity contribution is 7.99. The lowest BCUT2D eigenvalue weighted by molar-refractivity contribution is 0.294. The minimum atomic E-state index is 0.648. The fraction of sp³-hybridized carbons (Fsp3) is 0.714. The Bertz CT molecular complexity index is 331. The van der Waals surface area contributed by atoms with Crippen molar-refractivity contribution in [1.82, 2.24) is 5.32 Å². The Labute approximate surface area is 109 Å². The van der Waals surface area contributed by atoms with Gasteiger partial charge in [0.1, 0.15) is 5.76 Å². The summed E-state index contributed by atoms with van der Waals surface area (Å²) in [6, 6.07) is 2.72. The van der Waals surface area contributed by atoms with Gasteiger partial charge in [-0.05, 0) is 38.8 Å². The van der Waals surface area contributed by atoms with Crippen LogP contribution in [0.25, 0.3) is 0 Å². The van der Waals surface area contributed by atoms with E-state index in [-0.39, 0.29) is 0 Å². The second-order valence-electron chi connectivity index (χ2n) is 4.95. The first-order valence-electron chi connectivity index (χ1n) is 6.65. The standard InChI is InChI=1S/C14H23NOS/c1-11-14(8-9-16-11)17-10-13(15-2)12-6-4-3-5-7-12/h8-9,12-13,15H,3-7,10H2,1-2H3. The molecule has 0 bridgehead atoms. The summed E-state index contributed by atoms with van der Waals surface area (Å²) in [5.74, 6) is 3.07. The molecule has 96 valence electrons. The number of thioether (sulfide) groups is 1. The van der Waals surface area contributed by atoms with Crippen LogP contribution in [0.15, 0.2) is 21.6 Å². The maximum atomic E-state index is 5.33. The minimum absolute atomic E-state index is 0.648. The summed E-state index contributed by atoms with van der Waals surface area (Å²) >= 11 is 1.92. The van der Waals surface area contributed by atoms with Gasteiger partial charge in [0.25, 0.3) is 0 Å². The van der Waals surface area contributed by atoms with E-state index in [1.165, 1.54) is 37.0 Å². The molecule has 2 rings (SSSR count). The highest BCUT2D eigenvalue weighted by atomic mass is 32.2. The molecular weight excluding hydrogens is 230 g/mol. The highest BCUT2D eigenvalue weighted by Crippen LogP contribution is 2.30. The van der Waals surface area contributed by atoms with Crippen molar-refractivity contribution in [3.8, 4) is 0 Å². The zero-order valence-electron chi connectivity index (χ0n) is 10.9. The molecule has 1 aliphatic carbocycles. The molecule has 0 spiro atoms. The Morgan fingerprint density at radius 3 is 2.76 bits per heavy atom. The average Bonchev–Trinajstić information content (AvgIpc) is 2.77. The molecule has 1 fully saturated rings. The van der Waals surface area contributed by atoms with Gasteiger partial charge in [0.2, 0.25) is 0 Å². The van der Waals surface area contributed by atoms with Crippen LogP contribution in [0.3, 0.4) is 0 Å². The zero-order valence-corrected chi connectivity index (χ0v) is 11.7. The van der Waals surface area contributed by atoms with Gasteiger partial charge in [0.05, 0.1) is 6.26 Å². The maximum absolute atomic E-state index is 5.33. The molecule has 3 heteroatoms. The van der Waals surface area contributed by atoms with E-state index in [2.05, 4.69) is 18.4 Å². The van der Waals surface area contributed by atoms with E-state index in [0.29, 0.717) is 6.04 Å². The Hall–Kier alpha value is -0.410. The van der Waals surface area contributed by atoms with Crippen LogP contribution in [0, 0.1) is 12.8 Å². The predicted molar refractivity (Wildman–Crippen MR) is 73.6 cm³/mol. The van der Waals surface area contributed by atoms with Gasteiger partial charge in [0, 0.05) is 16.7 Å². The summed E-state index contributed by atoms with van der Waals surface area (Å²) in [5.41, 5.74) is 0. The summed E-state index contributed by atoms with van der Waals surface area (Å²) in [6.45, 7) is 2.04. The largest absolute Gasteiger partial charge is 0.468 e. The van der Waals surface area contributed by atoms with Crippen LogP contribution >= 0.6 is 11.8 Å². The molecule has 0 amide bonds. The van der Waals surface area contributed by atoms with Crippen molar-refractivity contribution >= 4 is 11.8 Å². The lowest BCUT2D eigenvalue weighted by Gasteiger charge is -2.29. The predicted octanol–water partition coefficient (Wildman–Crippen LogP) is 3.85. The molecule has 0 radical (unpaired) electrons. The zero-order chi connectivity index (χ0) is 12.1. The Morgan fingerprint density at radius 2 is 2.18 bits per heavy atom. The summed E-state index contributed by atoms with van der Waals surface area (Å²) in [4.78, 5) is 1.29. The van der Waals surface area contributed by atoms with E-state index < -0.39 is 0 Å². The van der Waals surface area contributed by atoms with Crippen molar-refractivity contribution in [2.24, 2.45) is 5.92 Å². The number of aryl methyl sites for hydroxylation is 1. The van der Waals surface area contributed by atoms with Gasteiger partial charge in [-0.25, -0.2) is 0 Å². The van der Waals surface area contributed by atoms with Crippen LogP contribution in [0.1, 0.15) is 37.9 Å². The quantitative estimate of drug-likeness (QED) is 0.807. The van der Waals surface area contributed by atoms with Crippen molar-refractivity contribution in [2.45, 2.75) is 50.0 Å². The molecule has 1 unspecified atom stereocenters. The fourth-order valence-corrected chi connectivity index (χ4v) is 3.90. The highest BCUT2D eigenvalue weighted by Gasteiger charge is 2.22. The molecule has 1 heterocycles. The lowest BCUT2D eigenvalue weighted by Crippen LogP contribution is -2.36. The van der Waals surface area contributed by atoms with Crippen LogP contribution < -0.4 is 5.32 Å². The smallest absolute Gasteiger partial charge is 0.114 e. The van der Waals surface area contributed by atoms with Crippen LogP contribution in [0.2, 0.25) is 0 Å². The van der Waals surface area contributed by atoms with Crippen LogP contribution in [-0.4, -0.2) is 18.8 Å². The first-order chi connectivity index (χ1) is 8.31. The summed E-state index contributed by atoms with van der Waals surface area (Å²) in [7, 11) is 2.10. The van der Waals surface area contributed by atoms with Gasteiger partial charge in [-0.15, -0.1) is 11.8 Å². The second-order valence-corrected chi connectivity index (χ2v) is 6.01. The second kappa shape index (κ2) is 6.50. The third-order valence-electron chi connectivity index (χ3n) is 3.82. The van der Waals surface area contributed by atoms with Gasteiger partial charge in [-0.1, -0.05) is 19.3 Å². The SMILES string of the molecule is CNC(CSc1ccoc1C)C1CCCCC1. The molecule has 1 atom stereocenters. The van der Waals surface area contributed by atoms with Gasteiger partial charge in [-0.2, -0.15) is 0 Å². The Morgan fingerprint density at radius 1 is 1.41 bits per heavy atom. The van der Waals surface area contributed by atoms with Crippen molar-refractivity contribution in [3.63, 3.8) is 0 Å². The summed E-state index contributed by atoms with van der Waals surface area (Å²) in [5, 5.41) is 3.50. The first kappa shape index (κ1) is 13.0. The number of nitrogens with one attached hydrogen (secondary N) is 1. The number of hydrogen-bond acceptors (Lipinski definition) is 3. The third kappa shape index (κ3) is 3.52. The number of rotatable bonds is 5. The lowest BCUT2D eigenvalue weighted by atomic mass is 9.84. The summed E-state index contributed by atoms with van der Waals surface area (Å²) in [6.07, 6.45) is 8.84. The molecule has 0 aliphatic heterocycles. The molecule has 1 aliphatic rings. The van der Waals surface area contributed by atoms with E-state index in [4.69, 9.17) is 4.42 Å². The molecule has 0 aromatic carbocycles. The van der Waals surface area contributed by atoms with E-state index in [0.717, 1.165) is 17.4 Å². The van der Waals surface area contributed by atoms with Gasteiger partial charge < -0.3 is 9.73 Å². The van der Waals surface area contributed by atoms with Crippen LogP contribution in [-0.2, 0) is 0 Å². The van der Waals surface area contributed by atoms with E-state index in [9.17, 15) is 0 Å². The minimum Gasteiger partial charge on any atom is -0.468 e. The number of furan rings is 1. The fourth-order valence-electron chi connectivity index (χ4n) is 2.69. The third-order valence-corrected chi connectivity index (χ3v) is 5.08. The molecule has 2 nitrogen and oxygen atoms in total. The van der Waals surface area contributed by atoms with Crippen molar-refractivity contribution in [3.05, 3.63) is 18.1 Å². The molecule has 17 heavy (non-hydrogen) atoms. The van der Waals surface area contributed by atoms with E-state index in [1.54, 1.807) is 6.26 Å². The monoisotopic (exact) mass is 253 g/mol. The molecule has 1 saturated carbocycles. The van der Waals surface area contributed by atoms with Crippen molar-refractivity contribution < 1.29 is 4.42 Å². The number of hydrogen-bond donors (Lipinski definition) is 1. The summed E-state index contributed by atoms with van der Waals surface area (Å²) < 4.78 is 5.33.